The van der Waals surface area contributed by atoms with E-state index in [9.17, 15) is 13.2 Å². The summed E-state index contributed by atoms with van der Waals surface area (Å²) in [6.07, 6.45) is -1.42. The Morgan fingerprint density at radius 1 is 1.33 bits per heavy atom. The fourth-order valence-electron chi connectivity index (χ4n) is 1.27. The molecule has 1 aromatic heterocycles. The van der Waals surface area contributed by atoms with Gasteiger partial charge in [0.05, 0.1) is 16.6 Å². The molecule has 0 spiro atoms. The molecule has 0 fully saturated rings. The molecule has 15 heavy (non-hydrogen) atoms. The van der Waals surface area contributed by atoms with Gasteiger partial charge in [0.2, 0.25) is 0 Å². The van der Waals surface area contributed by atoms with Crippen molar-refractivity contribution in [1.82, 2.24) is 9.55 Å². The summed E-state index contributed by atoms with van der Waals surface area (Å²) in [6.45, 7) is 0. The fraction of sp³-hybridized carbons (Fsp3) is 0.111. The third-order valence-corrected chi connectivity index (χ3v) is 1.98. The second-order valence-corrected chi connectivity index (χ2v) is 2.92. The van der Waals surface area contributed by atoms with Gasteiger partial charge in [-0.25, -0.2) is 9.55 Å². The van der Waals surface area contributed by atoms with E-state index in [0.29, 0.717) is 5.52 Å². The van der Waals surface area contributed by atoms with Crippen LogP contribution >= 0.6 is 0 Å². The lowest BCUT2D eigenvalue weighted by molar-refractivity contribution is -0.137. The second-order valence-electron chi connectivity index (χ2n) is 2.92. The molecular weight excluding hydrogens is 207 g/mol. The van der Waals surface area contributed by atoms with E-state index < -0.39 is 11.7 Å². The number of rotatable bonds is 0. The van der Waals surface area contributed by atoms with Crippen LogP contribution in [0.2, 0.25) is 0 Å². The highest BCUT2D eigenvalue weighted by molar-refractivity contribution is 5.77. The van der Waals surface area contributed by atoms with Crippen molar-refractivity contribution in [2.75, 3.05) is 0 Å². The number of imidazole rings is 1. The zero-order valence-electron chi connectivity index (χ0n) is 7.28. The quantitative estimate of drug-likeness (QED) is 0.671. The summed E-state index contributed by atoms with van der Waals surface area (Å²) in [5.74, 6) is 0. The van der Waals surface area contributed by atoms with Crippen LogP contribution in [-0.4, -0.2) is 9.55 Å². The largest absolute Gasteiger partial charge is 0.416 e. The van der Waals surface area contributed by atoms with Gasteiger partial charge in [0.1, 0.15) is 6.33 Å². The summed E-state index contributed by atoms with van der Waals surface area (Å²) in [6, 6.07) is 3.08. The Hall–Kier alpha value is -2.03. The molecule has 0 saturated heterocycles. The van der Waals surface area contributed by atoms with Gasteiger partial charge in [0.25, 0.3) is 0 Å². The van der Waals surface area contributed by atoms with E-state index in [1.54, 1.807) is 6.19 Å². The number of fused-ring (bicyclic) bond motifs is 1. The lowest BCUT2D eigenvalue weighted by atomic mass is 10.2. The van der Waals surface area contributed by atoms with Gasteiger partial charge in [-0.15, -0.1) is 0 Å². The molecule has 0 unspecified atom stereocenters. The minimum Gasteiger partial charge on any atom is -0.236 e. The number of benzene rings is 1. The average molecular weight is 211 g/mol. The predicted molar refractivity (Wildman–Crippen MR) is 45.7 cm³/mol. The molecule has 76 valence electrons. The van der Waals surface area contributed by atoms with Gasteiger partial charge in [-0.3, -0.25) is 0 Å². The lowest BCUT2D eigenvalue weighted by Crippen LogP contribution is -2.04. The average Bonchev–Trinajstić information content (AvgIpc) is 2.58. The summed E-state index contributed by atoms with van der Waals surface area (Å²) in [5.41, 5.74) is -0.241. The standard InChI is InChI=1S/C9H4F3N3/c10-9(11,12)6-1-2-8-7(3-6)14-5-15(8)4-13/h1-3,5H. The van der Waals surface area contributed by atoms with Gasteiger partial charge in [-0.05, 0) is 18.2 Å². The number of nitriles is 1. The molecule has 0 aliphatic rings. The van der Waals surface area contributed by atoms with Gasteiger partial charge in [-0.2, -0.15) is 18.4 Å². The number of hydrogen-bond acceptors (Lipinski definition) is 2. The predicted octanol–water partition coefficient (Wildman–Crippen LogP) is 2.38. The van der Waals surface area contributed by atoms with Crippen molar-refractivity contribution in [2.24, 2.45) is 0 Å². The van der Waals surface area contributed by atoms with Crippen molar-refractivity contribution in [3.63, 3.8) is 0 Å². The van der Waals surface area contributed by atoms with Crippen LogP contribution in [0.1, 0.15) is 5.56 Å². The first-order chi connectivity index (χ1) is 7.02. The molecule has 3 nitrogen and oxygen atoms in total. The molecule has 0 N–H and O–H groups in total. The van der Waals surface area contributed by atoms with Crippen molar-refractivity contribution in [3.8, 4) is 6.19 Å². The molecule has 2 rings (SSSR count). The summed E-state index contributed by atoms with van der Waals surface area (Å²) in [4.78, 5) is 3.70. The van der Waals surface area contributed by atoms with Crippen LogP contribution < -0.4 is 0 Å². The zero-order chi connectivity index (χ0) is 11.1. The van der Waals surface area contributed by atoms with Gasteiger partial charge in [0, 0.05) is 0 Å². The number of aromatic nitrogens is 2. The third-order valence-electron chi connectivity index (χ3n) is 1.98. The maximum absolute atomic E-state index is 12.3. The van der Waals surface area contributed by atoms with E-state index in [1.807, 2.05) is 0 Å². The number of hydrogen-bond donors (Lipinski definition) is 0. The summed E-state index contributed by atoms with van der Waals surface area (Å²) in [7, 11) is 0. The molecule has 1 heterocycles. The van der Waals surface area contributed by atoms with Gasteiger partial charge in [-0.1, -0.05) is 0 Å². The highest BCUT2D eigenvalue weighted by Gasteiger charge is 2.30. The van der Waals surface area contributed by atoms with Crippen LogP contribution in [0.3, 0.4) is 0 Å². The van der Waals surface area contributed by atoms with Gasteiger partial charge >= 0.3 is 6.18 Å². The first-order valence-corrected chi connectivity index (χ1v) is 3.97. The molecule has 6 heteroatoms. The highest BCUT2D eigenvalue weighted by atomic mass is 19.4. The minimum atomic E-state index is -4.38. The van der Waals surface area contributed by atoms with Crippen molar-refractivity contribution in [3.05, 3.63) is 30.1 Å². The fourth-order valence-corrected chi connectivity index (χ4v) is 1.27. The van der Waals surface area contributed by atoms with Crippen LogP contribution in [-0.2, 0) is 6.18 Å². The zero-order valence-corrected chi connectivity index (χ0v) is 7.28. The van der Waals surface area contributed by atoms with Crippen LogP contribution in [0.5, 0.6) is 0 Å². The second kappa shape index (κ2) is 2.98. The van der Waals surface area contributed by atoms with Crippen LogP contribution in [0.4, 0.5) is 13.2 Å². The third kappa shape index (κ3) is 1.52. The molecule has 2 aromatic rings. The van der Waals surface area contributed by atoms with Crippen LogP contribution in [0, 0.1) is 11.5 Å². The first kappa shape index (κ1) is 9.52. The minimum absolute atomic E-state index is 0.159. The van der Waals surface area contributed by atoms with Gasteiger partial charge in [0.15, 0.2) is 6.19 Å². The van der Waals surface area contributed by atoms with E-state index in [1.165, 1.54) is 12.4 Å². The maximum Gasteiger partial charge on any atom is 0.416 e. The summed E-state index contributed by atoms with van der Waals surface area (Å²) in [5, 5.41) is 8.60. The first-order valence-electron chi connectivity index (χ1n) is 3.97. The van der Waals surface area contributed by atoms with Crippen molar-refractivity contribution >= 4 is 11.0 Å². The number of nitrogens with zero attached hydrogens (tertiary/aromatic N) is 3. The van der Waals surface area contributed by atoms with Crippen molar-refractivity contribution in [1.29, 1.82) is 5.26 Å². The van der Waals surface area contributed by atoms with E-state index in [4.69, 9.17) is 5.26 Å². The Labute approximate surface area is 82.4 Å². The van der Waals surface area contributed by atoms with E-state index in [0.717, 1.165) is 16.7 Å². The van der Waals surface area contributed by atoms with E-state index in [-0.39, 0.29) is 5.52 Å². The Morgan fingerprint density at radius 3 is 2.67 bits per heavy atom. The summed E-state index contributed by atoms with van der Waals surface area (Å²) >= 11 is 0. The molecule has 0 atom stereocenters. The Bertz CT molecular complexity index is 548. The SMILES string of the molecule is N#Cn1cnc2cc(C(F)(F)F)ccc21. The lowest BCUT2D eigenvalue weighted by Gasteiger charge is -2.05. The Kier molecular flexibility index (Phi) is 1.89. The highest BCUT2D eigenvalue weighted by Crippen LogP contribution is 2.30. The molecule has 0 bridgehead atoms. The van der Waals surface area contributed by atoms with Crippen LogP contribution in [0.25, 0.3) is 11.0 Å². The number of halogens is 3. The monoisotopic (exact) mass is 211 g/mol. The molecule has 0 radical (unpaired) electrons. The van der Waals surface area contributed by atoms with Crippen LogP contribution in [0.15, 0.2) is 24.5 Å². The molecule has 0 amide bonds. The maximum atomic E-state index is 12.3. The molecule has 0 aliphatic carbocycles. The van der Waals surface area contributed by atoms with Crippen molar-refractivity contribution < 1.29 is 13.2 Å². The van der Waals surface area contributed by atoms with E-state index >= 15 is 0 Å². The molecular formula is C9H4F3N3. The Balaban J connectivity index is 2.65. The van der Waals surface area contributed by atoms with E-state index in [2.05, 4.69) is 4.98 Å². The number of alkyl halides is 3. The topological polar surface area (TPSA) is 41.6 Å². The molecule has 0 aliphatic heterocycles. The normalized spacial score (nSPS) is 11.6. The molecule has 0 saturated carbocycles. The Morgan fingerprint density at radius 2 is 2.07 bits per heavy atom. The summed E-state index contributed by atoms with van der Waals surface area (Å²) < 4.78 is 38.0. The van der Waals surface area contributed by atoms with Gasteiger partial charge < -0.3 is 0 Å². The van der Waals surface area contributed by atoms with Crippen molar-refractivity contribution in [2.45, 2.75) is 6.18 Å². The molecule has 1 aromatic carbocycles. The smallest absolute Gasteiger partial charge is 0.236 e.